The molecule has 0 aromatic carbocycles. The van der Waals surface area contributed by atoms with Crippen LogP contribution in [0.5, 0.6) is 0 Å². The minimum Gasteiger partial charge on any atom is -0.364 e. The lowest BCUT2D eigenvalue weighted by Gasteiger charge is -2.09. The predicted molar refractivity (Wildman–Crippen MR) is 72.6 cm³/mol. The maximum Gasteiger partial charge on any atom is 0.151 e. The fourth-order valence-electron chi connectivity index (χ4n) is 2.11. The molecule has 0 radical (unpaired) electrons. The van der Waals surface area contributed by atoms with Crippen molar-refractivity contribution in [1.82, 2.24) is 19.6 Å². The second-order valence-corrected chi connectivity index (χ2v) is 4.98. The van der Waals surface area contributed by atoms with Gasteiger partial charge in [0.05, 0.1) is 6.20 Å². The zero-order valence-corrected chi connectivity index (χ0v) is 11.7. The highest BCUT2D eigenvalue weighted by molar-refractivity contribution is 5.42. The number of aryl methyl sites for hydroxylation is 2. The van der Waals surface area contributed by atoms with Gasteiger partial charge < -0.3 is 5.32 Å². The van der Waals surface area contributed by atoms with Crippen LogP contribution in [0.4, 0.5) is 5.82 Å². The number of rotatable bonds is 4. The summed E-state index contributed by atoms with van der Waals surface area (Å²) in [4.78, 5) is 0. The lowest BCUT2D eigenvalue weighted by Crippen LogP contribution is -2.07. The zero-order chi connectivity index (χ0) is 13.3. The van der Waals surface area contributed by atoms with Gasteiger partial charge in [-0.3, -0.25) is 9.36 Å². The van der Waals surface area contributed by atoms with E-state index in [4.69, 9.17) is 0 Å². The maximum absolute atomic E-state index is 4.41. The number of anilines is 1. The van der Waals surface area contributed by atoms with Crippen LogP contribution in [0, 0.1) is 13.8 Å². The van der Waals surface area contributed by atoms with Crippen LogP contribution in [-0.2, 0) is 13.6 Å². The monoisotopic (exact) mass is 247 g/mol. The summed E-state index contributed by atoms with van der Waals surface area (Å²) in [6.45, 7) is 9.20. The summed E-state index contributed by atoms with van der Waals surface area (Å²) >= 11 is 0. The Labute approximate surface area is 108 Å². The molecule has 0 atom stereocenters. The molecular weight excluding hydrogens is 226 g/mol. The molecular formula is C13H21N5. The van der Waals surface area contributed by atoms with E-state index in [1.54, 1.807) is 0 Å². The van der Waals surface area contributed by atoms with Crippen molar-refractivity contribution in [2.24, 2.45) is 7.05 Å². The highest BCUT2D eigenvalue weighted by Crippen LogP contribution is 2.16. The molecule has 5 heteroatoms. The van der Waals surface area contributed by atoms with E-state index in [2.05, 4.69) is 43.2 Å². The Balaban J connectivity index is 2.09. The smallest absolute Gasteiger partial charge is 0.151 e. The van der Waals surface area contributed by atoms with Crippen molar-refractivity contribution in [3.05, 3.63) is 29.2 Å². The first-order chi connectivity index (χ1) is 8.49. The van der Waals surface area contributed by atoms with Gasteiger partial charge >= 0.3 is 0 Å². The topological polar surface area (TPSA) is 47.7 Å². The quantitative estimate of drug-likeness (QED) is 0.902. The van der Waals surface area contributed by atoms with Gasteiger partial charge in [-0.25, -0.2) is 0 Å². The van der Waals surface area contributed by atoms with E-state index in [-0.39, 0.29) is 0 Å². The third-order valence-corrected chi connectivity index (χ3v) is 3.09. The molecule has 2 heterocycles. The molecule has 0 aliphatic rings. The Hall–Kier alpha value is -1.78. The largest absolute Gasteiger partial charge is 0.364 e. The highest BCUT2D eigenvalue weighted by Gasteiger charge is 2.09. The van der Waals surface area contributed by atoms with E-state index in [0.717, 1.165) is 17.9 Å². The molecule has 18 heavy (non-hydrogen) atoms. The van der Waals surface area contributed by atoms with Crippen LogP contribution in [0.25, 0.3) is 0 Å². The molecule has 0 saturated carbocycles. The Morgan fingerprint density at radius 3 is 2.56 bits per heavy atom. The van der Waals surface area contributed by atoms with Crippen molar-refractivity contribution >= 4 is 5.82 Å². The van der Waals surface area contributed by atoms with Crippen molar-refractivity contribution in [3.63, 3.8) is 0 Å². The molecule has 2 aromatic rings. The first-order valence-electron chi connectivity index (χ1n) is 6.26. The van der Waals surface area contributed by atoms with Crippen LogP contribution in [0.2, 0.25) is 0 Å². The fourth-order valence-corrected chi connectivity index (χ4v) is 2.11. The highest BCUT2D eigenvalue weighted by atomic mass is 15.3. The number of aromatic nitrogens is 4. The van der Waals surface area contributed by atoms with Gasteiger partial charge in [-0.15, -0.1) is 0 Å². The fraction of sp³-hybridized carbons (Fsp3) is 0.538. The van der Waals surface area contributed by atoms with Crippen molar-refractivity contribution in [2.45, 2.75) is 40.3 Å². The van der Waals surface area contributed by atoms with Crippen molar-refractivity contribution in [1.29, 1.82) is 0 Å². The zero-order valence-electron chi connectivity index (χ0n) is 11.7. The third kappa shape index (κ3) is 2.39. The molecule has 0 fully saturated rings. The van der Waals surface area contributed by atoms with Gasteiger partial charge in [0.15, 0.2) is 5.82 Å². The number of nitrogens with zero attached hydrogens (tertiary/aromatic N) is 4. The van der Waals surface area contributed by atoms with Crippen LogP contribution in [0.3, 0.4) is 0 Å². The summed E-state index contributed by atoms with van der Waals surface area (Å²) in [5, 5.41) is 12.1. The van der Waals surface area contributed by atoms with E-state index < -0.39 is 0 Å². The van der Waals surface area contributed by atoms with Crippen LogP contribution < -0.4 is 5.32 Å². The first-order valence-corrected chi connectivity index (χ1v) is 6.26. The molecule has 0 aliphatic heterocycles. The van der Waals surface area contributed by atoms with E-state index in [1.165, 1.54) is 11.3 Å². The predicted octanol–water partition coefficient (Wildman–Crippen LogP) is 2.43. The van der Waals surface area contributed by atoms with Gasteiger partial charge in [-0.1, -0.05) is 0 Å². The van der Waals surface area contributed by atoms with Gasteiger partial charge in [0.1, 0.15) is 0 Å². The lowest BCUT2D eigenvalue weighted by atomic mass is 10.2. The van der Waals surface area contributed by atoms with Crippen molar-refractivity contribution < 1.29 is 0 Å². The SMILES string of the molecule is Cc1cn(C)nc1NCc1cnn(C(C)C)c1C. The van der Waals surface area contributed by atoms with E-state index >= 15 is 0 Å². The number of hydrogen-bond donors (Lipinski definition) is 1. The summed E-state index contributed by atoms with van der Waals surface area (Å²) in [7, 11) is 1.93. The van der Waals surface area contributed by atoms with Gasteiger partial charge in [0, 0.05) is 42.7 Å². The average Bonchev–Trinajstić information content (AvgIpc) is 2.79. The molecule has 5 nitrogen and oxygen atoms in total. The van der Waals surface area contributed by atoms with Gasteiger partial charge in [-0.05, 0) is 27.7 Å². The van der Waals surface area contributed by atoms with Crippen LogP contribution in [0.15, 0.2) is 12.4 Å². The molecule has 0 spiro atoms. The second-order valence-electron chi connectivity index (χ2n) is 4.98. The van der Waals surface area contributed by atoms with Gasteiger partial charge in [-0.2, -0.15) is 10.2 Å². The summed E-state index contributed by atoms with van der Waals surface area (Å²) in [6, 6.07) is 0.398. The van der Waals surface area contributed by atoms with Crippen molar-refractivity contribution in [3.8, 4) is 0 Å². The maximum atomic E-state index is 4.41. The Morgan fingerprint density at radius 2 is 2.06 bits per heavy atom. The summed E-state index contributed by atoms with van der Waals surface area (Å²) in [5.41, 5.74) is 3.59. The second kappa shape index (κ2) is 4.84. The minimum atomic E-state index is 0.398. The summed E-state index contributed by atoms with van der Waals surface area (Å²) < 4.78 is 3.87. The molecule has 2 rings (SSSR count). The normalized spacial score (nSPS) is 11.2. The van der Waals surface area contributed by atoms with Gasteiger partial charge in [0.2, 0.25) is 0 Å². The van der Waals surface area contributed by atoms with E-state index in [9.17, 15) is 0 Å². The number of hydrogen-bond acceptors (Lipinski definition) is 3. The Bertz CT molecular complexity index is 536. The molecule has 0 saturated heterocycles. The standard InChI is InChI=1S/C13H21N5/c1-9(2)18-11(4)12(7-15-18)6-14-13-10(3)8-17(5)16-13/h7-9H,6H2,1-5H3,(H,14,16). The molecule has 0 amide bonds. The average molecular weight is 247 g/mol. The Morgan fingerprint density at radius 1 is 1.33 bits per heavy atom. The summed E-state index contributed by atoms with van der Waals surface area (Å²) in [5.74, 6) is 0.939. The number of nitrogens with one attached hydrogen (secondary N) is 1. The lowest BCUT2D eigenvalue weighted by molar-refractivity contribution is 0.518. The van der Waals surface area contributed by atoms with E-state index in [1.807, 2.05) is 28.8 Å². The molecule has 2 aromatic heterocycles. The minimum absolute atomic E-state index is 0.398. The molecule has 0 aliphatic carbocycles. The van der Waals surface area contributed by atoms with Crippen molar-refractivity contribution in [2.75, 3.05) is 5.32 Å². The molecule has 98 valence electrons. The van der Waals surface area contributed by atoms with Crippen LogP contribution in [0.1, 0.15) is 36.7 Å². The van der Waals surface area contributed by atoms with Crippen LogP contribution >= 0.6 is 0 Å². The van der Waals surface area contributed by atoms with Crippen LogP contribution in [-0.4, -0.2) is 19.6 Å². The van der Waals surface area contributed by atoms with Gasteiger partial charge in [0.25, 0.3) is 0 Å². The summed E-state index contributed by atoms with van der Waals surface area (Å²) in [6.07, 6.45) is 3.94. The van der Waals surface area contributed by atoms with E-state index in [0.29, 0.717) is 6.04 Å². The third-order valence-electron chi connectivity index (χ3n) is 3.09. The molecule has 0 unspecified atom stereocenters. The molecule has 0 bridgehead atoms. The first kappa shape index (κ1) is 12.7. The Kier molecular flexibility index (Phi) is 3.41. The molecule has 1 N–H and O–H groups in total.